The summed E-state index contributed by atoms with van der Waals surface area (Å²) in [4.78, 5) is 18.8. The van der Waals surface area contributed by atoms with Crippen LogP contribution in [0.3, 0.4) is 0 Å². The number of nitrogens with zero attached hydrogens (tertiary/aromatic N) is 2. The Kier molecular flexibility index (Phi) is 4.97. The molecule has 0 aliphatic carbocycles. The molecule has 2 aromatic rings. The summed E-state index contributed by atoms with van der Waals surface area (Å²) in [5.74, 6) is -0.474. The molecule has 1 amide bonds. The van der Waals surface area contributed by atoms with Gasteiger partial charge in [0.2, 0.25) is 5.91 Å². The number of hydrogen-bond donors (Lipinski definition) is 1. The smallest absolute Gasteiger partial charge is 0.250 e. The van der Waals surface area contributed by atoms with Gasteiger partial charge in [0.25, 0.3) is 0 Å². The van der Waals surface area contributed by atoms with Gasteiger partial charge in [0.05, 0.1) is 5.56 Å². The fourth-order valence-corrected chi connectivity index (χ4v) is 1.10. The van der Waals surface area contributed by atoms with Crippen molar-refractivity contribution in [1.29, 1.82) is 0 Å². The lowest BCUT2D eigenvalue weighted by Gasteiger charge is -1.97. The van der Waals surface area contributed by atoms with Gasteiger partial charge in [-0.1, -0.05) is 0 Å². The van der Waals surface area contributed by atoms with Crippen LogP contribution in [0.15, 0.2) is 30.6 Å². The van der Waals surface area contributed by atoms with Crippen molar-refractivity contribution in [3.63, 3.8) is 0 Å². The summed E-state index contributed by atoms with van der Waals surface area (Å²) in [6.07, 6.45) is 3.08. The number of primary amides is 1. The summed E-state index contributed by atoms with van der Waals surface area (Å²) in [5.41, 5.74) is 6.13. The number of carbonyl (C=O) groups excluding carboxylic acids is 1. The van der Waals surface area contributed by atoms with E-state index < -0.39 is 5.91 Å². The Labute approximate surface area is 98.7 Å². The largest absolute Gasteiger partial charge is 0.366 e. The quantitative estimate of drug-likeness (QED) is 0.830. The summed E-state index contributed by atoms with van der Waals surface area (Å²) in [5, 5.41) is 0.818. The van der Waals surface area contributed by atoms with Gasteiger partial charge in [-0.05, 0) is 18.2 Å². The highest BCUT2D eigenvalue weighted by Gasteiger charge is 2.01. The lowest BCUT2D eigenvalue weighted by atomic mass is 10.2. The molecule has 4 nitrogen and oxygen atoms in total. The number of carbonyl (C=O) groups is 1. The Hall–Kier alpha value is -1.39. The molecule has 0 fully saturated rings. The first-order valence-corrected chi connectivity index (χ1v) is 3.78. The summed E-state index contributed by atoms with van der Waals surface area (Å²) >= 11 is 0. The summed E-state index contributed by atoms with van der Waals surface area (Å²) in [6.45, 7) is 0. The first-order chi connectivity index (χ1) is 6.27. The Balaban J connectivity index is 0.000000980. The minimum absolute atomic E-state index is 0. The number of fused-ring (bicyclic) bond motifs is 1. The van der Waals surface area contributed by atoms with Crippen molar-refractivity contribution in [2.24, 2.45) is 5.73 Å². The second kappa shape index (κ2) is 5.48. The van der Waals surface area contributed by atoms with Gasteiger partial charge in [-0.3, -0.25) is 4.79 Å². The lowest BCUT2D eigenvalue weighted by molar-refractivity contribution is 0.1000. The molecule has 0 aliphatic heterocycles. The zero-order valence-electron chi connectivity index (χ0n) is 7.58. The van der Waals surface area contributed by atoms with Crippen LogP contribution in [0.1, 0.15) is 10.4 Å². The zero-order chi connectivity index (χ0) is 9.26. The first-order valence-electron chi connectivity index (χ1n) is 3.78. The number of aromatic nitrogens is 2. The molecule has 0 unspecified atom stereocenters. The molecule has 0 bridgehead atoms. The number of pyridine rings is 2. The van der Waals surface area contributed by atoms with E-state index in [2.05, 4.69) is 9.97 Å². The molecule has 0 saturated carbocycles. The van der Waals surface area contributed by atoms with E-state index in [4.69, 9.17) is 5.73 Å². The molecule has 2 rings (SSSR count). The van der Waals surface area contributed by atoms with E-state index in [0.29, 0.717) is 11.2 Å². The highest BCUT2D eigenvalue weighted by molar-refractivity contribution is 5.95. The molecule has 2 N–H and O–H groups in total. The highest BCUT2D eigenvalue weighted by atomic mass is 35.5. The summed E-state index contributed by atoms with van der Waals surface area (Å²) in [7, 11) is 0. The molecule has 0 aromatic carbocycles. The zero-order valence-corrected chi connectivity index (χ0v) is 9.22. The predicted octanol–water partition coefficient (Wildman–Crippen LogP) is 1.57. The van der Waals surface area contributed by atoms with Crippen LogP contribution in [-0.4, -0.2) is 15.9 Å². The number of hydrogen-bond acceptors (Lipinski definition) is 3. The standard InChI is InChI=1S/C9H7N3O.2ClH/c10-8(13)7-4-6-2-1-3-11-9(6)12-5-7;;/h1-5H,(H2,10,13);2*1H. The van der Waals surface area contributed by atoms with E-state index in [0.717, 1.165) is 5.39 Å². The lowest BCUT2D eigenvalue weighted by Crippen LogP contribution is -2.11. The maximum Gasteiger partial charge on any atom is 0.250 e. The van der Waals surface area contributed by atoms with Gasteiger partial charge in [-0.15, -0.1) is 24.8 Å². The topological polar surface area (TPSA) is 68.9 Å². The average molecular weight is 246 g/mol. The highest BCUT2D eigenvalue weighted by Crippen LogP contribution is 2.09. The fourth-order valence-electron chi connectivity index (χ4n) is 1.10. The van der Waals surface area contributed by atoms with Gasteiger partial charge in [0, 0.05) is 17.8 Å². The van der Waals surface area contributed by atoms with Crippen LogP contribution in [0.5, 0.6) is 0 Å². The maximum atomic E-state index is 10.8. The Morgan fingerprint density at radius 2 is 2.00 bits per heavy atom. The monoisotopic (exact) mass is 245 g/mol. The van der Waals surface area contributed by atoms with Gasteiger partial charge in [-0.25, -0.2) is 9.97 Å². The third-order valence-electron chi connectivity index (χ3n) is 1.74. The van der Waals surface area contributed by atoms with Crippen LogP contribution in [0.2, 0.25) is 0 Å². The van der Waals surface area contributed by atoms with E-state index in [1.54, 1.807) is 18.3 Å². The van der Waals surface area contributed by atoms with E-state index in [1.807, 2.05) is 6.07 Å². The van der Waals surface area contributed by atoms with Crippen LogP contribution < -0.4 is 5.73 Å². The molecular weight excluding hydrogens is 237 g/mol. The molecule has 0 radical (unpaired) electrons. The van der Waals surface area contributed by atoms with Gasteiger partial charge in [0.15, 0.2) is 5.65 Å². The van der Waals surface area contributed by atoms with Crippen LogP contribution in [0.25, 0.3) is 11.0 Å². The van der Waals surface area contributed by atoms with Crippen molar-refractivity contribution < 1.29 is 4.79 Å². The maximum absolute atomic E-state index is 10.8. The normalized spacial score (nSPS) is 8.80. The van der Waals surface area contributed by atoms with Gasteiger partial charge >= 0.3 is 0 Å². The van der Waals surface area contributed by atoms with Crippen molar-refractivity contribution in [2.75, 3.05) is 0 Å². The number of halogens is 2. The molecule has 6 heteroatoms. The van der Waals surface area contributed by atoms with Gasteiger partial charge < -0.3 is 5.73 Å². The first kappa shape index (κ1) is 13.6. The van der Waals surface area contributed by atoms with E-state index in [9.17, 15) is 4.79 Å². The molecule has 2 aromatic heterocycles. The van der Waals surface area contributed by atoms with E-state index in [-0.39, 0.29) is 24.8 Å². The predicted molar refractivity (Wildman–Crippen MR) is 62.6 cm³/mol. The molecule has 0 spiro atoms. The third-order valence-corrected chi connectivity index (χ3v) is 1.74. The van der Waals surface area contributed by atoms with Crippen molar-refractivity contribution in [1.82, 2.24) is 9.97 Å². The van der Waals surface area contributed by atoms with Crippen LogP contribution >= 0.6 is 24.8 Å². The minimum atomic E-state index is -0.474. The SMILES string of the molecule is Cl.Cl.NC(=O)c1cnc2ncccc2c1. The summed E-state index contributed by atoms with van der Waals surface area (Å²) in [6, 6.07) is 5.30. The second-order valence-corrected chi connectivity index (χ2v) is 2.64. The van der Waals surface area contributed by atoms with Crippen LogP contribution in [-0.2, 0) is 0 Å². The molecular formula is C9H9Cl2N3O. The number of nitrogens with two attached hydrogens (primary N) is 1. The number of rotatable bonds is 1. The molecule has 0 saturated heterocycles. The average Bonchev–Trinajstić information content (AvgIpc) is 2.17. The van der Waals surface area contributed by atoms with Gasteiger partial charge in [0.1, 0.15) is 0 Å². The number of amides is 1. The Morgan fingerprint density at radius 3 is 2.67 bits per heavy atom. The third kappa shape index (κ3) is 2.78. The fraction of sp³-hybridized carbons (Fsp3) is 0. The van der Waals surface area contributed by atoms with Crippen molar-refractivity contribution >= 4 is 41.8 Å². The minimum Gasteiger partial charge on any atom is -0.366 e. The van der Waals surface area contributed by atoms with Crippen molar-refractivity contribution in [3.8, 4) is 0 Å². The second-order valence-electron chi connectivity index (χ2n) is 2.64. The molecule has 0 atom stereocenters. The summed E-state index contributed by atoms with van der Waals surface area (Å²) < 4.78 is 0. The Morgan fingerprint density at radius 1 is 1.27 bits per heavy atom. The van der Waals surface area contributed by atoms with E-state index >= 15 is 0 Å². The van der Waals surface area contributed by atoms with Crippen molar-refractivity contribution in [2.45, 2.75) is 0 Å². The van der Waals surface area contributed by atoms with Gasteiger partial charge in [-0.2, -0.15) is 0 Å². The molecule has 80 valence electrons. The molecule has 2 heterocycles. The van der Waals surface area contributed by atoms with Crippen molar-refractivity contribution in [3.05, 3.63) is 36.2 Å². The molecule has 0 aliphatic rings. The Bertz CT molecular complexity index is 476. The molecule has 15 heavy (non-hydrogen) atoms. The van der Waals surface area contributed by atoms with Crippen LogP contribution in [0, 0.1) is 0 Å². The van der Waals surface area contributed by atoms with Crippen LogP contribution in [0.4, 0.5) is 0 Å². The van der Waals surface area contributed by atoms with E-state index in [1.165, 1.54) is 6.20 Å².